The van der Waals surface area contributed by atoms with Crippen molar-refractivity contribution in [3.8, 4) is 5.69 Å². The second-order valence-electron chi connectivity index (χ2n) is 6.24. The van der Waals surface area contributed by atoms with Gasteiger partial charge in [-0.15, -0.1) is 0 Å². The van der Waals surface area contributed by atoms with Crippen LogP contribution in [0.15, 0.2) is 30.3 Å². The molecule has 0 fully saturated rings. The summed E-state index contributed by atoms with van der Waals surface area (Å²) in [6.07, 6.45) is 2.18. The van der Waals surface area contributed by atoms with Gasteiger partial charge in [-0.05, 0) is 45.7 Å². The van der Waals surface area contributed by atoms with Crippen LogP contribution < -0.4 is 5.73 Å². The molecular formula is C17H25N5. The summed E-state index contributed by atoms with van der Waals surface area (Å²) in [5.74, 6) is 0.790. The Morgan fingerprint density at radius 2 is 2.00 bits per heavy atom. The van der Waals surface area contributed by atoms with E-state index in [0.29, 0.717) is 0 Å². The summed E-state index contributed by atoms with van der Waals surface area (Å²) >= 11 is 0. The van der Waals surface area contributed by atoms with Gasteiger partial charge in [0.05, 0.1) is 11.4 Å². The Morgan fingerprint density at radius 1 is 1.23 bits per heavy atom. The molecule has 1 aliphatic heterocycles. The summed E-state index contributed by atoms with van der Waals surface area (Å²) in [4.78, 5) is 4.72. The highest BCUT2D eigenvalue weighted by atomic mass is 15.3. The molecule has 2 aromatic rings. The van der Waals surface area contributed by atoms with Crippen molar-refractivity contribution in [3.63, 3.8) is 0 Å². The van der Waals surface area contributed by atoms with Gasteiger partial charge in [-0.2, -0.15) is 5.10 Å². The number of rotatable bonds is 5. The fourth-order valence-corrected chi connectivity index (χ4v) is 3.02. The number of aromatic nitrogens is 2. The molecule has 0 spiro atoms. The van der Waals surface area contributed by atoms with Crippen LogP contribution in [-0.4, -0.2) is 53.3 Å². The Kier molecular flexibility index (Phi) is 4.45. The van der Waals surface area contributed by atoms with Crippen molar-refractivity contribution in [1.82, 2.24) is 19.6 Å². The van der Waals surface area contributed by atoms with Gasteiger partial charge in [-0.3, -0.25) is 4.90 Å². The molecule has 5 heteroatoms. The maximum Gasteiger partial charge on any atom is 0.132 e. The smallest absolute Gasteiger partial charge is 0.132 e. The highest BCUT2D eigenvalue weighted by Crippen LogP contribution is 2.26. The number of nitrogens with two attached hydrogens (primary N) is 1. The second kappa shape index (κ2) is 6.50. The fourth-order valence-electron chi connectivity index (χ4n) is 3.02. The van der Waals surface area contributed by atoms with Crippen LogP contribution in [0.3, 0.4) is 0 Å². The maximum absolute atomic E-state index is 6.36. The summed E-state index contributed by atoms with van der Waals surface area (Å²) in [6, 6.07) is 10.1. The third-order valence-electron chi connectivity index (χ3n) is 4.23. The van der Waals surface area contributed by atoms with Crippen LogP contribution in [0.1, 0.15) is 17.7 Å². The van der Waals surface area contributed by atoms with Gasteiger partial charge in [0.1, 0.15) is 5.82 Å². The first-order valence-corrected chi connectivity index (χ1v) is 7.94. The van der Waals surface area contributed by atoms with Gasteiger partial charge in [-0.1, -0.05) is 18.2 Å². The third-order valence-corrected chi connectivity index (χ3v) is 4.23. The van der Waals surface area contributed by atoms with Crippen molar-refractivity contribution >= 4 is 5.82 Å². The van der Waals surface area contributed by atoms with E-state index in [2.05, 4.69) is 23.9 Å². The number of para-hydroxylation sites is 1. The zero-order valence-corrected chi connectivity index (χ0v) is 13.5. The number of nitrogen functional groups attached to an aromatic ring is 1. The average molecular weight is 299 g/mol. The van der Waals surface area contributed by atoms with Crippen LogP contribution in [0, 0.1) is 0 Å². The topological polar surface area (TPSA) is 50.3 Å². The summed E-state index contributed by atoms with van der Waals surface area (Å²) in [5, 5.41) is 4.72. The van der Waals surface area contributed by atoms with Gasteiger partial charge < -0.3 is 10.6 Å². The molecule has 2 heterocycles. The van der Waals surface area contributed by atoms with Crippen molar-refractivity contribution < 1.29 is 0 Å². The quantitative estimate of drug-likeness (QED) is 0.914. The molecule has 0 unspecified atom stereocenters. The molecule has 0 saturated heterocycles. The molecule has 1 aromatic carbocycles. The summed E-state index contributed by atoms with van der Waals surface area (Å²) in [5.41, 5.74) is 9.76. The SMILES string of the molecule is CN(C)CCCN1CCc2nn(-c3ccccc3)c(N)c2C1. The summed E-state index contributed by atoms with van der Waals surface area (Å²) < 4.78 is 1.88. The van der Waals surface area contributed by atoms with Crippen LogP contribution in [0.2, 0.25) is 0 Å². The molecule has 3 rings (SSSR count). The van der Waals surface area contributed by atoms with Gasteiger partial charge in [-0.25, -0.2) is 4.68 Å². The highest BCUT2D eigenvalue weighted by Gasteiger charge is 2.23. The highest BCUT2D eigenvalue weighted by molar-refractivity contribution is 5.50. The minimum atomic E-state index is 0.790. The van der Waals surface area contributed by atoms with E-state index in [1.807, 2.05) is 35.0 Å². The van der Waals surface area contributed by atoms with Crippen LogP contribution in [0.25, 0.3) is 5.69 Å². The lowest BCUT2D eigenvalue weighted by atomic mass is 10.1. The van der Waals surface area contributed by atoms with E-state index in [0.717, 1.165) is 49.8 Å². The molecular weight excluding hydrogens is 274 g/mol. The maximum atomic E-state index is 6.36. The van der Waals surface area contributed by atoms with E-state index >= 15 is 0 Å². The van der Waals surface area contributed by atoms with Crippen LogP contribution in [-0.2, 0) is 13.0 Å². The van der Waals surface area contributed by atoms with Crippen LogP contribution in [0.5, 0.6) is 0 Å². The van der Waals surface area contributed by atoms with Crippen molar-refractivity contribution in [1.29, 1.82) is 0 Å². The number of benzene rings is 1. The van der Waals surface area contributed by atoms with Gasteiger partial charge in [0, 0.05) is 25.1 Å². The Morgan fingerprint density at radius 3 is 2.73 bits per heavy atom. The monoisotopic (exact) mass is 299 g/mol. The predicted molar refractivity (Wildman–Crippen MR) is 90.1 cm³/mol. The number of hydrogen-bond acceptors (Lipinski definition) is 4. The third kappa shape index (κ3) is 3.15. The van der Waals surface area contributed by atoms with Crippen LogP contribution >= 0.6 is 0 Å². The minimum absolute atomic E-state index is 0.790. The Hall–Kier alpha value is -1.85. The number of anilines is 1. The Labute approximate surface area is 132 Å². The first kappa shape index (κ1) is 15.1. The molecule has 0 amide bonds. The van der Waals surface area contributed by atoms with Crippen molar-refractivity contribution in [3.05, 3.63) is 41.6 Å². The van der Waals surface area contributed by atoms with E-state index in [4.69, 9.17) is 10.8 Å². The molecule has 0 radical (unpaired) electrons. The lowest BCUT2D eigenvalue weighted by molar-refractivity contribution is 0.238. The van der Waals surface area contributed by atoms with E-state index < -0.39 is 0 Å². The molecule has 118 valence electrons. The lowest BCUT2D eigenvalue weighted by Crippen LogP contribution is -2.32. The normalized spacial score (nSPS) is 15.2. The first-order valence-electron chi connectivity index (χ1n) is 7.94. The molecule has 2 N–H and O–H groups in total. The van der Waals surface area contributed by atoms with Crippen molar-refractivity contribution in [2.45, 2.75) is 19.4 Å². The molecule has 5 nitrogen and oxygen atoms in total. The van der Waals surface area contributed by atoms with Gasteiger partial charge >= 0.3 is 0 Å². The lowest BCUT2D eigenvalue weighted by Gasteiger charge is -2.26. The largest absolute Gasteiger partial charge is 0.383 e. The number of nitrogens with zero attached hydrogens (tertiary/aromatic N) is 4. The average Bonchev–Trinajstić information content (AvgIpc) is 2.85. The first-order chi connectivity index (χ1) is 10.6. The van der Waals surface area contributed by atoms with E-state index in [1.165, 1.54) is 12.0 Å². The summed E-state index contributed by atoms with van der Waals surface area (Å²) in [6.45, 7) is 4.24. The Bertz CT molecular complexity index is 617. The summed E-state index contributed by atoms with van der Waals surface area (Å²) in [7, 11) is 4.24. The predicted octanol–water partition coefficient (Wildman–Crippen LogP) is 1.76. The van der Waals surface area contributed by atoms with Gasteiger partial charge in [0.15, 0.2) is 0 Å². The molecule has 1 aromatic heterocycles. The molecule has 0 atom stereocenters. The Balaban J connectivity index is 1.73. The second-order valence-corrected chi connectivity index (χ2v) is 6.24. The molecule has 0 bridgehead atoms. The fraction of sp³-hybridized carbons (Fsp3) is 0.471. The van der Waals surface area contributed by atoms with Crippen molar-refractivity contribution in [2.75, 3.05) is 39.5 Å². The number of fused-ring (bicyclic) bond motifs is 1. The zero-order valence-electron chi connectivity index (χ0n) is 13.5. The molecule has 0 aliphatic carbocycles. The zero-order chi connectivity index (χ0) is 15.5. The number of hydrogen-bond donors (Lipinski definition) is 1. The molecule has 1 aliphatic rings. The minimum Gasteiger partial charge on any atom is -0.383 e. The van der Waals surface area contributed by atoms with E-state index in [9.17, 15) is 0 Å². The van der Waals surface area contributed by atoms with Crippen LogP contribution in [0.4, 0.5) is 5.82 Å². The van der Waals surface area contributed by atoms with E-state index in [1.54, 1.807) is 0 Å². The molecule has 0 saturated carbocycles. The van der Waals surface area contributed by atoms with Gasteiger partial charge in [0.2, 0.25) is 0 Å². The van der Waals surface area contributed by atoms with Crippen molar-refractivity contribution in [2.24, 2.45) is 0 Å². The molecule has 22 heavy (non-hydrogen) atoms. The van der Waals surface area contributed by atoms with E-state index in [-0.39, 0.29) is 0 Å². The standard InChI is InChI=1S/C17H25N5/c1-20(2)10-6-11-21-12-9-16-15(13-21)17(18)22(19-16)14-7-4-3-5-8-14/h3-5,7-8H,6,9-13,18H2,1-2H3. The van der Waals surface area contributed by atoms with Gasteiger partial charge in [0.25, 0.3) is 0 Å².